The van der Waals surface area contributed by atoms with Gasteiger partial charge < -0.3 is 10.5 Å². The lowest BCUT2D eigenvalue weighted by Gasteiger charge is -2.04. The Hall–Kier alpha value is -1.85. The molecule has 3 amide bonds. The number of hydrogen-bond donors (Lipinski definition) is 2. The van der Waals surface area contributed by atoms with Crippen LogP contribution in [0.1, 0.15) is 110 Å². The molecular formula is C23H42N2O4. The average Bonchev–Trinajstić information content (AvgIpc) is 2.68. The minimum atomic E-state index is -0.957. The van der Waals surface area contributed by atoms with Crippen molar-refractivity contribution in [1.82, 2.24) is 5.32 Å². The zero-order valence-electron chi connectivity index (χ0n) is 18.4. The Morgan fingerprint density at radius 1 is 0.690 bits per heavy atom. The van der Waals surface area contributed by atoms with Gasteiger partial charge in [0.2, 0.25) is 0 Å². The summed E-state index contributed by atoms with van der Waals surface area (Å²) in [4.78, 5) is 32.9. The van der Waals surface area contributed by atoms with E-state index in [0.29, 0.717) is 6.61 Å². The van der Waals surface area contributed by atoms with E-state index in [4.69, 9.17) is 10.5 Å². The van der Waals surface area contributed by atoms with Crippen molar-refractivity contribution in [3.8, 4) is 0 Å². The van der Waals surface area contributed by atoms with E-state index in [1.807, 2.05) is 5.32 Å². The van der Waals surface area contributed by atoms with Crippen LogP contribution in [0.2, 0.25) is 0 Å². The van der Waals surface area contributed by atoms with Crippen molar-refractivity contribution in [3.63, 3.8) is 0 Å². The number of imide groups is 1. The lowest BCUT2D eigenvalue weighted by Crippen LogP contribution is -2.33. The molecule has 0 spiro atoms. The topological polar surface area (TPSA) is 98.5 Å². The molecule has 0 atom stereocenters. The van der Waals surface area contributed by atoms with Gasteiger partial charge in [-0.15, -0.1) is 0 Å². The van der Waals surface area contributed by atoms with E-state index in [-0.39, 0.29) is 0 Å². The van der Waals surface area contributed by atoms with Crippen LogP contribution in [0.15, 0.2) is 12.2 Å². The molecule has 0 aromatic heterocycles. The number of nitrogens with one attached hydrogen (secondary N) is 1. The number of nitrogens with two attached hydrogens (primary N) is 1. The third-order valence-corrected chi connectivity index (χ3v) is 4.86. The Labute approximate surface area is 177 Å². The first kappa shape index (κ1) is 27.1. The van der Waals surface area contributed by atoms with Crippen LogP contribution in [0.5, 0.6) is 0 Å². The van der Waals surface area contributed by atoms with Gasteiger partial charge in [-0.1, -0.05) is 103 Å². The molecule has 0 aliphatic heterocycles. The minimum absolute atomic E-state index is 0.346. The first-order valence-corrected chi connectivity index (χ1v) is 11.5. The summed E-state index contributed by atoms with van der Waals surface area (Å²) in [5.41, 5.74) is 4.79. The second-order valence-corrected chi connectivity index (χ2v) is 7.66. The third kappa shape index (κ3) is 22.3. The summed E-state index contributed by atoms with van der Waals surface area (Å²) in [7, 11) is 0. The van der Waals surface area contributed by atoms with Crippen molar-refractivity contribution in [2.24, 2.45) is 5.73 Å². The van der Waals surface area contributed by atoms with Gasteiger partial charge in [0.15, 0.2) is 0 Å². The second-order valence-electron chi connectivity index (χ2n) is 7.66. The third-order valence-electron chi connectivity index (χ3n) is 4.86. The zero-order chi connectivity index (χ0) is 21.6. The monoisotopic (exact) mass is 410 g/mol. The van der Waals surface area contributed by atoms with Crippen molar-refractivity contribution >= 4 is 17.9 Å². The van der Waals surface area contributed by atoms with Crippen LogP contribution in [-0.2, 0) is 14.3 Å². The molecule has 3 N–H and O–H groups in total. The maximum atomic E-state index is 11.4. The van der Waals surface area contributed by atoms with E-state index in [9.17, 15) is 14.4 Å². The fraction of sp³-hybridized carbons (Fsp3) is 0.783. The number of carbonyl (C=O) groups is 3. The van der Waals surface area contributed by atoms with Crippen LogP contribution in [-0.4, -0.2) is 24.5 Å². The van der Waals surface area contributed by atoms with Gasteiger partial charge in [-0.25, -0.2) is 9.59 Å². The molecule has 0 aliphatic rings. The van der Waals surface area contributed by atoms with Crippen molar-refractivity contribution in [1.29, 1.82) is 0 Å². The van der Waals surface area contributed by atoms with Crippen molar-refractivity contribution in [3.05, 3.63) is 12.2 Å². The van der Waals surface area contributed by atoms with Gasteiger partial charge in [0, 0.05) is 12.2 Å². The van der Waals surface area contributed by atoms with Gasteiger partial charge >= 0.3 is 12.0 Å². The number of ether oxygens (including phenoxy) is 1. The predicted molar refractivity (Wildman–Crippen MR) is 117 cm³/mol. The highest BCUT2D eigenvalue weighted by Crippen LogP contribution is 2.13. The Morgan fingerprint density at radius 3 is 1.52 bits per heavy atom. The molecule has 0 aliphatic carbocycles. The number of urea groups is 1. The summed E-state index contributed by atoms with van der Waals surface area (Å²) < 4.78 is 4.99. The van der Waals surface area contributed by atoms with E-state index in [0.717, 1.165) is 31.4 Å². The number of unbranched alkanes of at least 4 members (excludes halogenated alkanes) is 15. The second kappa shape index (κ2) is 20.9. The molecule has 0 bridgehead atoms. The summed E-state index contributed by atoms with van der Waals surface area (Å²) in [6.07, 6.45) is 22.7. The summed E-state index contributed by atoms with van der Waals surface area (Å²) in [6.45, 7) is 2.61. The number of amides is 3. The minimum Gasteiger partial charge on any atom is -0.463 e. The Balaban J connectivity index is 3.27. The molecule has 168 valence electrons. The molecule has 29 heavy (non-hydrogen) atoms. The number of primary amides is 1. The maximum Gasteiger partial charge on any atom is 0.330 e. The number of esters is 1. The van der Waals surface area contributed by atoms with Crippen molar-refractivity contribution in [2.75, 3.05) is 6.61 Å². The molecule has 0 aromatic carbocycles. The van der Waals surface area contributed by atoms with Crippen molar-refractivity contribution in [2.45, 2.75) is 110 Å². The molecule has 0 heterocycles. The highest BCUT2D eigenvalue weighted by atomic mass is 16.5. The maximum absolute atomic E-state index is 11.4. The molecule has 6 nitrogen and oxygen atoms in total. The molecule has 0 aromatic rings. The van der Waals surface area contributed by atoms with E-state index in [1.165, 1.54) is 83.5 Å². The lowest BCUT2D eigenvalue weighted by atomic mass is 10.0. The van der Waals surface area contributed by atoms with E-state index in [2.05, 4.69) is 6.92 Å². The molecule has 0 fully saturated rings. The SMILES string of the molecule is CCCCCCCCCCCCCCCCCCOC(=O)/C=C\C(=O)NC(N)=O. The highest BCUT2D eigenvalue weighted by Gasteiger charge is 2.02. The smallest absolute Gasteiger partial charge is 0.330 e. The molecule has 0 saturated carbocycles. The van der Waals surface area contributed by atoms with E-state index >= 15 is 0 Å². The lowest BCUT2D eigenvalue weighted by molar-refractivity contribution is -0.138. The van der Waals surface area contributed by atoms with Gasteiger partial charge in [0.1, 0.15) is 0 Å². The first-order chi connectivity index (χ1) is 14.1. The summed E-state index contributed by atoms with van der Waals surface area (Å²) in [5.74, 6) is -1.33. The zero-order valence-corrected chi connectivity index (χ0v) is 18.4. The standard InChI is InChI=1S/C23H42N2O4/c1-2-3-4-5-6-7-8-9-10-11-12-13-14-15-16-17-20-29-22(27)19-18-21(26)25-23(24)28/h18-19H,2-17,20H2,1H3,(H3,24,25,26,28)/b19-18-. The molecule has 0 saturated heterocycles. The Morgan fingerprint density at radius 2 is 1.10 bits per heavy atom. The van der Waals surface area contributed by atoms with Crippen LogP contribution < -0.4 is 11.1 Å². The number of carbonyl (C=O) groups excluding carboxylic acids is 3. The van der Waals surface area contributed by atoms with Gasteiger partial charge in [0.25, 0.3) is 5.91 Å². The van der Waals surface area contributed by atoms with Gasteiger partial charge in [0.05, 0.1) is 6.61 Å². The van der Waals surface area contributed by atoms with E-state index in [1.54, 1.807) is 0 Å². The molecule has 0 unspecified atom stereocenters. The molecule has 6 heteroatoms. The normalized spacial score (nSPS) is 10.9. The summed E-state index contributed by atoms with van der Waals surface area (Å²) in [5, 5.41) is 1.83. The van der Waals surface area contributed by atoms with E-state index < -0.39 is 17.9 Å². The fourth-order valence-corrected chi connectivity index (χ4v) is 3.18. The highest BCUT2D eigenvalue weighted by molar-refractivity contribution is 6.02. The van der Waals surface area contributed by atoms with Crippen LogP contribution in [0.25, 0.3) is 0 Å². The van der Waals surface area contributed by atoms with Crippen molar-refractivity contribution < 1.29 is 19.1 Å². The molecule has 0 radical (unpaired) electrons. The Bertz CT molecular complexity index is 464. The quantitative estimate of drug-likeness (QED) is 0.166. The van der Waals surface area contributed by atoms with Gasteiger partial charge in [-0.2, -0.15) is 0 Å². The predicted octanol–water partition coefficient (Wildman–Crippen LogP) is 5.54. The van der Waals surface area contributed by atoms with Gasteiger partial charge in [-0.05, 0) is 6.42 Å². The number of hydrogen-bond acceptors (Lipinski definition) is 4. The van der Waals surface area contributed by atoms with Crippen LogP contribution in [0, 0.1) is 0 Å². The van der Waals surface area contributed by atoms with Gasteiger partial charge in [-0.3, -0.25) is 10.1 Å². The van der Waals surface area contributed by atoms with Crippen LogP contribution in [0.4, 0.5) is 4.79 Å². The number of rotatable bonds is 19. The largest absolute Gasteiger partial charge is 0.463 e. The summed E-state index contributed by atoms with van der Waals surface area (Å²) in [6, 6.07) is -0.957. The van der Waals surface area contributed by atoms with Crippen LogP contribution in [0.3, 0.4) is 0 Å². The Kier molecular flexibility index (Phi) is 19.5. The first-order valence-electron chi connectivity index (χ1n) is 11.5. The molecular weight excluding hydrogens is 368 g/mol. The summed E-state index contributed by atoms with van der Waals surface area (Å²) >= 11 is 0. The molecule has 0 rings (SSSR count). The fourth-order valence-electron chi connectivity index (χ4n) is 3.18. The average molecular weight is 411 g/mol. The van der Waals surface area contributed by atoms with Crippen LogP contribution >= 0.6 is 0 Å².